The first-order valence-electron chi connectivity index (χ1n) is 17.6. The SMILES string of the molecule is CC(C)(C)c1cc(CN[C@H]2NCCC[C@@H]2NCc2cc(C(C)(C)C)cc(C(C)(C)C)c2[O-])c([O-])c(C(C)(C)C)c1.O=[C]([Mn+2])c1ccccc1. The van der Waals surface area contributed by atoms with Gasteiger partial charge in [0.2, 0.25) is 0 Å². The molecule has 0 amide bonds. The van der Waals surface area contributed by atoms with Crippen LogP contribution in [-0.2, 0) is 50.8 Å². The second kappa shape index (κ2) is 16.1. The number of carbonyl (C=O) groups excluding carboxylic acids is 1. The van der Waals surface area contributed by atoms with E-state index in [-0.39, 0.29) is 50.0 Å². The van der Waals surface area contributed by atoms with Crippen molar-refractivity contribution in [2.45, 2.75) is 143 Å². The molecule has 3 N–H and O–H groups in total. The van der Waals surface area contributed by atoms with Gasteiger partial charge in [0, 0.05) is 19.1 Å². The molecule has 0 aliphatic carbocycles. The van der Waals surface area contributed by atoms with Gasteiger partial charge in [-0.1, -0.05) is 107 Å². The van der Waals surface area contributed by atoms with Crippen molar-refractivity contribution in [2.24, 2.45) is 0 Å². The van der Waals surface area contributed by atoms with Crippen molar-refractivity contribution < 1.29 is 31.0 Å². The molecule has 4 rings (SSSR count). The number of rotatable bonds is 7. The molecule has 0 unspecified atom stereocenters. The maximum absolute atomic E-state index is 13.5. The van der Waals surface area contributed by atoms with Crippen molar-refractivity contribution in [1.82, 2.24) is 16.0 Å². The van der Waals surface area contributed by atoms with E-state index < -0.39 is 0 Å². The third-order valence-electron chi connectivity index (χ3n) is 9.21. The van der Waals surface area contributed by atoms with Crippen LogP contribution in [0.3, 0.4) is 0 Å². The molecule has 0 bridgehead atoms. The third-order valence-corrected chi connectivity index (χ3v) is 9.55. The molecule has 49 heavy (non-hydrogen) atoms. The van der Waals surface area contributed by atoms with E-state index in [1.807, 2.05) is 18.2 Å². The molecule has 0 radical (unpaired) electrons. The average Bonchev–Trinajstić information content (AvgIpc) is 2.99. The fraction of sp³-hybridized carbons (Fsp3) is 0.548. The van der Waals surface area contributed by atoms with E-state index >= 15 is 0 Å². The Labute approximate surface area is 305 Å². The average molecular weight is 710 g/mol. The van der Waals surface area contributed by atoms with Crippen LogP contribution in [0.5, 0.6) is 11.5 Å². The second-order valence-corrected chi connectivity index (χ2v) is 18.1. The Morgan fingerprint density at radius 2 is 1.16 bits per heavy atom. The van der Waals surface area contributed by atoms with Gasteiger partial charge in [-0.15, -0.1) is 11.5 Å². The monoisotopic (exact) mass is 709 g/mol. The Bertz CT molecular complexity index is 1460. The summed E-state index contributed by atoms with van der Waals surface area (Å²) in [6.45, 7) is 27.8. The quantitative estimate of drug-likeness (QED) is 0.222. The molecular formula is C42H60MnN3O3. The number of piperidine rings is 1. The predicted molar refractivity (Wildman–Crippen MR) is 196 cm³/mol. The summed E-state index contributed by atoms with van der Waals surface area (Å²) in [6, 6.07) is 17.6. The minimum absolute atomic E-state index is 0.00696. The summed E-state index contributed by atoms with van der Waals surface area (Å²) in [7, 11) is 0. The Hall–Kier alpha value is -2.67. The summed E-state index contributed by atoms with van der Waals surface area (Å²) in [5, 5.41) is 38.0. The number of benzene rings is 3. The first-order chi connectivity index (χ1) is 22.5. The van der Waals surface area contributed by atoms with Gasteiger partial charge in [0.05, 0.1) is 6.17 Å². The summed E-state index contributed by atoms with van der Waals surface area (Å²) in [6.07, 6.45) is 2.08. The molecule has 1 heterocycles. The predicted octanol–water partition coefficient (Wildman–Crippen LogP) is 7.35. The van der Waals surface area contributed by atoms with Gasteiger partial charge in [-0.05, 0) is 74.4 Å². The molecule has 6 nitrogen and oxygen atoms in total. The second-order valence-electron chi connectivity index (χ2n) is 17.6. The molecule has 1 aliphatic heterocycles. The van der Waals surface area contributed by atoms with E-state index in [0.717, 1.165) is 41.6 Å². The molecule has 1 aliphatic rings. The molecule has 3 aromatic rings. The first kappa shape index (κ1) is 40.8. The van der Waals surface area contributed by atoms with Crippen LogP contribution in [0.1, 0.15) is 140 Å². The van der Waals surface area contributed by atoms with Crippen molar-refractivity contribution in [3.05, 3.63) is 93.5 Å². The zero-order chi connectivity index (χ0) is 36.9. The third kappa shape index (κ3) is 11.4. The van der Waals surface area contributed by atoms with Crippen molar-refractivity contribution in [1.29, 1.82) is 0 Å². The van der Waals surface area contributed by atoms with Gasteiger partial charge in [0.25, 0.3) is 0 Å². The van der Waals surface area contributed by atoms with Crippen molar-refractivity contribution in [3.63, 3.8) is 0 Å². The van der Waals surface area contributed by atoms with Crippen LogP contribution in [0.25, 0.3) is 0 Å². The maximum atomic E-state index is 13.5. The minimum atomic E-state index is -0.218. The van der Waals surface area contributed by atoms with E-state index in [4.69, 9.17) is 0 Å². The molecular weight excluding hydrogens is 649 g/mol. The first-order valence-corrected chi connectivity index (χ1v) is 18.2. The molecule has 0 saturated carbocycles. The molecule has 0 aromatic heterocycles. The van der Waals surface area contributed by atoms with Gasteiger partial charge >= 0.3 is 61.4 Å². The number of carbonyl (C=O) groups is 1. The summed E-state index contributed by atoms with van der Waals surface area (Å²) in [4.78, 5) is 10.6. The molecule has 1 fully saturated rings. The molecule has 0 spiro atoms. The molecule has 268 valence electrons. The van der Waals surface area contributed by atoms with E-state index in [9.17, 15) is 15.0 Å². The molecule has 3 aromatic carbocycles. The molecule has 1 saturated heterocycles. The van der Waals surface area contributed by atoms with Gasteiger partial charge in [-0.2, -0.15) is 0 Å². The summed E-state index contributed by atoms with van der Waals surface area (Å²) in [5.74, 6) is 0.281. The van der Waals surface area contributed by atoms with Crippen LogP contribution >= 0.6 is 0 Å². The van der Waals surface area contributed by atoms with Crippen molar-refractivity contribution in [2.75, 3.05) is 6.54 Å². The van der Waals surface area contributed by atoms with Crippen molar-refractivity contribution in [3.8, 4) is 11.5 Å². The fourth-order valence-electron chi connectivity index (χ4n) is 5.97. The molecule has 7 heteroatoms. The van der Waals surface area contributed by atoms with Gasteiger partial charge in [-0.3, -0.25) is 5.32 Å². The summed E-state index contributed by atoms with van der Waals surface area (Å²) < 4.78 is -0.0666. The van der Waals surface area contributed by atoms with Crippen LogP contribution < -0.4 is 26.2 Å². The van der Waals surface area contributed by atoms with E-state index in [1.54, 1.807) is 12.1 Å². The van der Waals surface area contributed by atoms with Gasteiger partial charge in [-0.25, -0.2) is 0 Å². The topological polar surface area (TPSA) is 99.3 Å². The zero-order valence-corrected chi connectivity index (χ0v) is 33.2. The number of hydrogen-bond donors (Lipinski definition) is 3. The van der Waals surface area contributed by atoms with Crippen LogP contribution in [0.4, 0.5) is 0 Å². The fourth-order valence-corrected chi connectivity index (χ4v) is 6.17. The van der Waals surface area contributed by atoms with Gasteiger partial charge < -0.3 is 20.8 Å². The van der Waals surface area contributed by atoms with E-state index in [1.165, 1.54) is 11.1 Å². The normalized spacial score (nSPS) is 17.3. The van der Waals surface area contributed by atoms with Crippen LogP contribution in [0.15, 0.2) is 54.6 Å². The zero-order valence-electron chi connectivity index (χ0n) is 32.0. The Morgan fingerprint density at radius 3 is 1.55 bits per heavy atom. The van der Waals surface area contributed by atoms with E-state index in [0.29, 0.717) is 18.7 Å². The summed E-state index contributed by atoms with van der Waals surface area (Å²) in [5.41, 5.74) is 5.96. The standard InChI is InChI=1S/C35H57N3O2.C7H5O.Mn/c1-32(2,3)24-16-22(29(39)26(18-24)34(7,8)9)20-37-28-14-13-15-36-31(28)38-21-23-17-25(33(4,5)6)19-27(30(23)40)35(10,11)12;8-6-7-4-2-1-3-5-7;/h16-19,28,31,36-40H,13-15,20-21H2,1-12H3;1-5H;/q;;+2/p-2/t28-,31+;;/m0../s1. The van der Waals surface area contributed by atoms with Gasteiger partial charge in [0.1, 0.15) is 0 Å². The summed E-state index contributed by atoms with van der Waals surface area (Å²) >= 11 is 2.84. The van der Waals surface area contributed by atoms with Crippen molar-refractivity contribution >= 4 is 4.68 Å². The van der Waals surface area contributed by atoms with Crippen LogP contribution in [0, 0.1) is 0 Å². The number of hydrogen-bond acceptors (Lipinski definition) is 6. The Morgan fingerprint density at radius 1 is 0.714 bits per heavy atom. The molecule has 2 atom stereocenters. The van der Waals surface area contributed by atoms with Crippen LogP contribution in [-0.4, -0.2) is 23.4 Å². The van der Waals surface area contributed by atoms with Gasteiger partial charge in [0.15, 0.2) is 0 Å². The number of nitrogens with one attached hydrogen (secondary N) is 3. The van der Waals surface area contributed by atoms with E-state index in [2.05, 4.69) is 139 Å². The Balaban J connectivity index is 0.000000624. The van der Waals surface area contributed by atoms with Crippen LogP contribution in [0.2, 0.25) is 0 Å². The Kier molecular flexibility index (Phi) is 13.4.